The van der Waals surface area contributed by atoms with Crippen molar-refractivity contribution < 1.29 is 9.84 Å². The third-order valence-electron chi connectivity index (χ3n) is 3.80. The summed E-state index contributed by atoms with van der Waals surface area (Å²) in [6, 6.07) is 3.49. The van der Waals surface area contributed by atoms with Gasteiger partial charge in [-0.05, 0) is 18.9 Å². The molecule has 1 aromatic rings. The van der Waals surface area contributed by atoms with Gasteiger partial charge in [-0.2, -0.15) is 0 Å². The number of rotatable bonds is 3. The van der Waals surface area contributed by atoms with Crippen LogP contribution >= 0.6 is 11.6 Å². The molecule has 1 aromatic carbocycles. The zero-order chi connectivity index (χ0) is 12.5. The van der Waals surface area contributed by atoms with Gasteiger partial charge in [0.15, 0.2) is 0 Å². The molecule has 0 aromatic heterocycles. The first-order valence-corrected chi connectivity index (χ1v) is 6.28. The molecule has 1 aliphatic rings. The quantitative estimate of drug-likeness (QED) is 0.873. The number of methoxy groups -OCH3 is 1. The lowest BCUT2D eigenvalue weighted by atomic mass is 9.78. The maximum absolute atomic E-state index is 10.1. The molecule has 0 radical (unpaired) electrons. The Morgan fingerprint density at radius 2 is 2.06 bits per heavy atom. The van der Waals surface area contributed by atoms with Crippen LogP contribution in [-0.2, 0) is 5.41 Å². The molecule has 0 saturated heterocycles. The van der Waals surface area contributed by atoms with Crippen LogP contribution in [0.25, 0.3) is 0 Å². The van der Waals surface area contributed by atoms with E-state index in [0.717, 1.165) is 31.2 Å². The van der Waals surface area contributed by atoms with E-state index in [1.807, 2.05) is 6.07 Å². The number of ether oxygens (including phenoxy) is 1. The van der Waals surface area contributed by atoms with Crippen LogP contribution in [0.15, 0.2) is 12.1 Å². The van der Waals surface area contributed by atoms with Crippen LogP contribution in [0, 0.1) is 0 Å². The summed E-state index contributed by atoms with van der Waals surface area (Å²) < 4.78 is 5.20. The molecule has 0 bridgehead atoms. The predicted octanol–water partition coefficient (Wildman–Crippen LogP) is 2.82. The van der Waals surface area contributed by atoms with Gasteiger partial charge in [0.05, 0.1) is 12.1 Å². The molecule has 4 heteroatoms. The lowest BCUT2D eigenvalue weighted by Gasteiger charge is -2.29. The molecule has 0 atom stereocenters. The molecule has 3 N–H and O–H groups in total. The first-order valence-electron chi connectivity index (χ1n) is 5.90. The Morgan fingerprint density at radius 1 is 1.41 bits per heavy atom. The summed E-state index contributed by atoms with van der Waals surface area (Å²) in [4.78, 5) is 0. The van der Waals surface area contributed by atoms with E-state index in [1.54, 1.807) is 13.2 Å². The Labute approximate surface area is 107 Å². The van der Waals surface area contributed by atoms with Crippen LogP contribution in [0.2, 0.25) is 5.02 Å². The number of aromatic hydroxyl groups is 1. The van der Waals surface area contributed by atoms with E-state index in [2.05, 4.69) is 0 Å². The SMILES string of the molecule is COc1cc(Cl)c(O)c(C2(CN)CCCC2)c1. The fraction of sp³-hybridized carbons (Fsp3) is 0.538. The van der Waals surface area contributed by atoms with Crippen molar-refractivity contribution in [1.29, 1.82) is 0 Å². The van der Waals surface area contributed by atoms with E-state index in [-0.39, 0.29) is 11.2 Å². The van der Waals surface area contributed by atoms with E-state index in [4.69, 9.17) is 22.1 Å². The highest BCUT2D eigenvalue weighted by atomic mass is 35.5. The summed E-state index contributed by atoms with van der Waals surface area (Å²) >= 11 is 6.02. The Morgan fingerprint density at radius 3 is 2.59 bits per heavy atom. The molecule has 1 fully saturated rings. The molecule has 17 heavy (non-hydrogen) atoms. The fourth-order valence-electron chi connectivity index (χ4n) is 2.73. The van der Waals surface area contributed by atoms with Crippen molar-refractivity contribution in [1.82, 2.24) is 0 Å². The molecular formula is C13H18ClNO2. The van der Waals surface area contributed by atoms with Crippen LogP contribution in [0.1, 0.15) is 31.2 Å². The van der Waals surface area contributed by atoms with Gasteiger partial charge in [-0.1, -0.05) is 24.4 Å². The Bertz CT molecular complexity index is 414. The third-order valence-corrected chi connectivity index (χ3v) is 4.08. The maximum Gasteiger partial charge on any atom is 0.138 e. The number of phenols is 1. The highest BCUT2D eigenvalue weighted by molar-refractivity contribution is 6.32. The second kappa shape index (κ2) is 4.75. The topological polar surface area (TPSA) is 55.5 Å². The van der Waals surface area contributed by atoms with Gasteiger partial charge in [0.1, 0.15) is 11.5 Å². The van der Waals surface area contributed by atoms with Crippen LogP contribution < -0.4 is 10.5 Å². The second-order valence-corrected chi connectivity index (χ2v) is 5.10. The average Bonchev–Trinajstić information content (AvgIpc) is 2.82. The summed E-state index contributed by atoms with van der Waals surface area (Å²) in [7, 11) is 1.59. The Hall–Kier alpha value is -0.930. The average molecular weight is 256 g/mol. The predicted molar refractivity (Wildman–Crippen MR) is 68.9 cm³/mol. The van der Waals surface area contributed by atoms with Crippen molar-refractivity contribution in [3.63, 3.8) is 0 Å². The van der Waals surface area contributed by atoms with Crippen LogP contribution in [0.4, 0.5) is 0 Å². The lowest BCUT2D eigenvalue weighted by molar-refractivity contribution is 0.389. The van der Waals surface area contributed by atoms with Gasteiger partial charge in [0.2, 0.25) is 0 Å². The molecular weight excluding hydrogens is 238 g/mol. The van der Waals surface area contributed by atoms with Gasteiger partial charge in [-0.25, -0.2) is 0 Å². The van der Waals surface area contributed by atoms with Crippen LogP contribution in [0.5, 0.6) is 11.5 Å². The molecule has 3 nitrogen and oxygen atoms in total. The highest BCUT2D eigenvalue weighted by Gasteiger charge is 2.37. The van der Waals surface area contributed by atoms with E-state index in [0.29, 0.717) is 17.3 Å². The van der Waals surface area contributed by atoms with Crippen molar-refractivity contribution in [3.8, 4) is 11.5 Å². The minimum Gasteiger partial charge on any atom is -0.506 e. The molecule has 1 aliphatic carbocycles. The molecule has 2 rings (SSSR count). The number of benzene rings is 1. The van der Waals surface area contributed by atoms with E-state index < -0.39 is 0 Å². The lowest BCUT2D eigenvalue weighted by Crippen LogP contribution is -2.32. The van der Waals surface area contributed by atoms with Gasteiger partial charge < -0.3 is 15.6 Å². The minimum absolute atomic E-state index is 0.137. The monoisotopic (exact) mass is 255 g/mol. The normalized spacial score (nSPS) is 18.3. The molecule has 0 unspecified atom stereocenters. The van der Waals surface area contributed by atoms with Gasteiger partial charge >= 0.3 is 0 Å². The van der Waals surface area contributed by atoms with Gasteiger partial charge in [0.25, 0.3) is 0 Å². The van der Waals surface area contributed by atoms with Crippen molar-refractivity contribution in [2.75, 3.05) is 13.7 Å². The summed E-state index contributed by atoms with van der Waals surface area (Å²) in [5.74, 6) is 0.822. The summed E-state index contributed by atoms with van der Waals surface area (Å²) in [6.07, 6.45) is 4.29. The van der Waals surface area contributed by atoms with Gasteiger partial charge in [0, 0.05) is 23.6 Å². The smallest absolute Gasteiger partial charge is 0.138 e. The first-order chi connectivity index (χ1) is 8.13. The molecule has 0 amide bonds. The summed E-state index contributed by atoms with van der Waals surface area (Å²) in [5, 5.41) is 10.5. The molecule has 0 aliphatic heterocycles. The van der Waals surface area contributed by atoms with E-state index in [9.17, 15) is 5.11 Å². The second-order valence-electron chi connectivity index (χ2n) is 4.70. The van der Waals surface area contributed by atoms with Crippen LogP contribution in [0.3, 0.4) is 0 Å². The Balaban J connectivity index is 2.52. The van der Waals surface area contributed by atoms with Crippen molar-refractivity contribution in [2.24, 2.45) is 5.73 Å². The summed E-state index contributed by atoms with van der Waals surface area (Å²) in [5.41, 5.74) is 6.61. The van der Waals surface area contributed by atoms with E-state index >= 15 is 0 Å². The molecule has 94 valence electrons. The molecule has 0 heterocycles. The van der Waals surface area contributed by atoms with Gasteiger partial charge in [-0.3, -0.25) is 0 Å². The third kappa shape index (κ3) is 2.09. The minimum atomic E-state index is -0.137. The number of nitrogens with two attached hydrogens (primary N) is 1. The number of hydrogen-bond acceptors (Lipinski definition) is 3. The zero-order valence-electron chi connectivity index (χ0n) is 10.0. The molecule has 0 spiro atoms. The van der Waals surface area contributed by atoms with Crippen molar-refractivity contribution in [3.05, 3.63) is 22.7 Å². The van der Waals surface area contributed by atoms with Crippen molar-refractivity contribution in [2.45, 2.75) is 31.1 Å². The van der Waals surface area contributed by atoms with Gasteiger partial charge in [-0.15, -0.1) is 0 Å². The summed E-state index contributed by atoms with van der Waals surface area (Å²) in [6.45, 7) is 0.532. The number of halogens is 1. The van der Waals surface area contributed by atoms with Crippen molar-refractivity contribution >= 4 is 11.6 Å². The standard InChI is InChI=1S/C13H18ClNO2/c1-17-9-6-10(12(16)11(14)7-9)13(8-15)4-2-3-5-13/h6-7,16H,2-5,8,15H2,1H3. The number of hydrogen-bond donors (Lipinski definition) is 2. The Kier molecular flexibility index (Phi) is 3.50. The largest absolute Gasteiger partial charge is 0.506 e. The highest BCUT2D eigenvalue weighted by Crippen LogP contribution is 2.47. The van der Waals surface area contributed by atoms with E-state index in [1.165, 1.54) is 0 Å². The zero-order valence-corrected chi connectivity index (χ0v) is 10.8. The maximum atomic E-state index is 10.1. The van der Waals surface area contributed by atoms with Crippen LogP contribution in [-0.4, -0.2) is 18.8 Å². The first kappa shape index (κ1) is 12.5. The molecule has 1 saturated carbocycles. The fourth-order valence-corrected chi connectivity index (χ4v) is 2.94. The number of phenolic OH excluding ortho intramolecular Hbond substituents is 1.